The van der Waals surface area contributed by atoms with Gasteiger partial charge in [-0.3, -0.25) is 25.2 Å². The van der Waals surface area contributed by atoms with Crippen LogP contribution in [0.5, 0.6) is 17.2 Å². The van der Waals surface area contributed by atoms with E-state index in [1.165, 1.54) is 14.0 Å². The first-order valence-corrected chi connectivity index (χ1v) is 10.6. The molecule has 2 amide bonds. The molecule has 0 spiro atoms. The number of nitrogens with one attached hydrogen (secondary N) is 2. The number of Topliss-reactive ketones (excluding diaryl/α,β-unsaturated/α-hetero) is 1. The quantitative estimate of drug-likeness (QED) is 0.295. The minimum atomic E-state index is -0.460. The third kappa shape index (κ3) is 7.94. The van der Waals surface area contributed by atoms with Gasteiger partial charge in [0, 0.05) is 17.5 Å². The van der Waals surface area contributed by atoms with Gasteiger partial charge in [-0.2, -0.15) is 0 Å². The fourth-order valence-corrected chi connectivity index (χ4v) is 2.72. The molecule has 0 radical (unpaired) electrons. The highest BCUT2D eigenvalue weighted by Gasteiger charge is 2.12. The van der Waals surface area contributed by atoms with Crippen LogP contribution in [0, 0.1) is 0 Å². The summed E-state index contributed by atoms with van der Waals surface area (Å²) in [6, 6.07) is 11.7. The van der Waals surface area contributed by atoms with Crippen LogP contribution in [-0.4, -0.2) is 37.9 Å². The number of unbranched alkanes of at least 4 members (excludes halogenated alkanes) is 1. The third-order valence-electron chi connectivity index (χ3n) is 4.57. The lowest BCUT2D eigenvalue weighted by molar-refractivity contribution is -0.122. The molecule has 0 heterocycles. The van der Waals surface area contributed by atoms with Crippen LogP contribution in [0.2, 0.25) is 0 Å². The van der Waals surface area contributed by atoms with Gasteiger partial charge in [0.15, 0.2) is 17.3 Å². The summed E-state index contributed by atoms with van der Waals surface area (Å²) in [6.07, 6.45) is 2.59. The average Bonchev–Trinajstić information content (AvgIpc) is 2.80. The Bertz CT molecular complexity index is 911. The molecule has 32 heavy (non-hydrogen) atoms. The molecule has 0 aliphatic carbocycles. The number of hydrazine groups is 1. The van der Waals surface area contributed by atoms with Crippen molar-refractivity contribution in [3.8, 4) is 17.2 Å². The molecule has 0 aromatic heterocycles. The molecule has 0 saturated heterocycles. The second-order valence-electron chi connectivity index (χ2n) is 7.10. The zero-order valence-corrected chi connectivity index (χ0v) is 18.7. The lowest BCUT2D eigenvalue weighted by atomic mass is 10.1. The Kier molecular flexibility index (Phi) is 10.0. The van der Waals surface area contributed by atoms with Crippen LogP contribution in [0.3, 0.4) is 0 Å². The summed E-state index contributed by atoms with van der Waals surface area (Å²) < 4.78 is 16.5. The van der Waals surface area contributed by atoms with E-state index in [1.807, 2.05) is 0 Å². The normalized spacial score (nSPS) is 10.2. The highest BCUT2D eigenvalue weighted by molar-refractivity contribution is 5.96. The molecule has 8 nitrogen and oxygen atoms in total. The Hall–Kier alpha value is -3.55. The van der Waals surface area contributed by atoms with E-state index in [0.717, 1.165) is 12.8 Å². The van der Waals surface area contributed by atoms with E-state index < -0.39 is 5.91 Å². The predicted octanol–water partition coefficient (Wildman–Crippen LogP) is 3.70. The van der Waals surface area contributed by atoms with E-state index in [4.69, 9.17) is 14.2 Å². The molecule has 2 N–H and O–H groups in total. The Labute approximate surface area is 188 Å². The minimum Gasteiger partial charge on any atom is -0.494 e. The van der Waals surface area contributed by atoms with Gasteiger partial charge in [-0.1, -0.05) is 13.3 Å². The highest BCUT2D eigenvalue weighted by atomic mass is 16.5. The van der Waals surface area contributed by atoms with E-state index in [1.54, 1.807) is 42.5 Å². The van der Waals surface area contributed by atoms with Crippen molar-refractivity contribution in [1.82, 2.24) is 10.9 Å². The number of hydrogen-bond donors (Lipinski definition) is 2. The van der Waals surface area contributed by atoms with Crippen molar-refractivity contribution >= 4 is 17.6 Å². The van der Waals surface area contributed by atoms with Crippen molar-refractivity contribution in [2.45, 2.75) is 39.5 Å². The number of benzene rings is 2. The van der Waals surface area contributed by atoms with Crippen molar-refractivity contribution in [2.75, 3.05) is 20.3 Å². The maximum absolute atomic E-state index is 12.3. The molecule has 2 aromatic rings. The summed E-state index contributed by atoms with van der Waals surface area (Å²) in [7, 11) is 1.51. The lowest BCUT2D eigenvalue weighted by Crippen LogP contribution is -2.41. The molecular formula is C24H30N2O6. The topological polar surface area (TPSA) is 103 Å². The lowest BCUT2D eigenvalue weighted by Gasteiger charge is -2.12. The monoisotopic (exact) mass is 442 g/mol. The van der Waals surface area contributed by atoms with Crippen molar-refractivity contribution in [2.24, 2.45) is 0 Å². The standard InChI is InChI=1S/C24H30N2O6/c1-4-5-14-32-21-13-10-19(16-22(21)30-3)24(29)26-25-23(28)7-6-15-31-20-11-8-18(9-12-20)17(2)27/h8-13,16H,4-7,14-15H2,1-3H3,(H,25,28)(H,26,29). The maximum Gasteiger partial charge on any atom is 0.269 e. The summed E-state index contributed by atoms with van der Waals surface area (Å²) in [5, 5.41) is 0. The maximum atomic E-state index is 12.3. The molecule has 8 heteroatoms. The fourth-order valence-electron chi connectivity index (χ4n) is 2.72. The van der Waals surface area contributed by atoms with Gasteiger partial charge in [-0.15, -0.1) is 0 Å². The van der Waals surface area contributed by atoms with Crippen LogP contribution in [-0.2, 0) is 4.79 Å². The molecule has 0 atom stereocenters. The number of amides is 2. The van der Waals surface area contributed by atoms with E-state index in [0.29, 0.717) is 48.0 Å². The first kappa shape index (κ1) is 24.7. The van der Waals surface area contributed by atoms with E-state index in [-0.39, 0.29) is 18.1 Å². The number of methoxy groups -OCH3 is 1. The van der Waals surface area contributed by atoms with E-state index in [2.05, 4.69) is 17.8 Å². The number of carbonyl (C=O) groups is 3. The van der Waals surface area contributed by atoms with E-state index in [9.17, 15) is 14.4 Å². The molecule has 0 aliphatic rings. The summed E-state index contributed by atoms with van der Waals surface area (Å²) in [5.41, 5.74) is 5.73. The Morgan fingerprint density at radius 2 is 1.53 bits per heavy atom. The zero-order valence-electron chi connectivity index (χ0n) is 18.7. The number of hydrogen-bond acceptors (Lipinski definition) is 6. The largest absolute Gasteiger partial charge is 0.494 e. The van der Waals surface area contributed by atoms with Crippen molar-refractivity contribution in [1.29, 1.82) is 0 Å². The summed E-state index contributed by atoms with van der Waals surface area (Å²) in [4.78, 5) is 35.5. The molecule has 0 bridgehead atoms. The zero-order chi connectivity index (χ0) is 23.3. The minimum absolute atomic E-state index is 0.00929. The highest BCUT2D eigenvalue weighted by Crippen LogP contribution is 2.28. The molecule has 0 unspecified atom stereocenters. The number of carbonyl (C=O) groups excluding carboxylic acids is 3. The average molecular weight is 443 g/mol. The molecule has 2 aromatic carbocycles. The summed E-state index contributed by atoms with van der Waals surface area (Å²) in [6.45, 7) is 4.48. The van der Waals surface area contributed by atoms with Gasteiger partial charge in [0.2, 0.25) is 5.91 Å². The van der Waals surface area contributed by atoms with Crippen LogP contribution >= 0.6 is 0 Å². The first-order chi connectivity index (χ1) is 15.4. The Balaban J connectivity index is 1.72. The number of rotatable bonds is 12. The molecular weight excluding hydrogens is 412 g/mol. The smallest absolute Gasteiger partial charge is 0.269 e. The van der Waals surface area contributed by atoms with Crippen LogP contribution < -0.4 is 25.1 Å². The SMILES string of the molecule is CCCCOc1ccc(C(=O)NNC(=O)CCCOc2ccc(C(C)=O)cc2)cc1OC. The van der Waals surface area contributed by atoms with Gasteiger partial charge in [-0.25, -0.2) is 0 Å². The number of ketones is 1. The van der Waals surface area contributed by atoms with Gasteiger partial charge in [0.25, 0.3) is 5.91 Å². The number of ether oxygens (including phenoxy) is 3. The van der Waals surface area contributed by atoms with Crippen LogP contribution in [0.25, 0.3) is 0 Å². The molecule has 0 saturated carbocycles. The first-order valence-electron chi connectivity index (χ1n) is 10.6. The molecule has 172 valence electrons. The third-order valence-corrected chi connectivity index (χ3v) is 4.57. The van der Waals surface area contributed by atoms with Crippen molar-refractivity contribution in [3.05, 3.63) is 53.6 Å². The molecule has 0 fully saturated rings. The second kappa shape index (κ2) is 13.0. The van der Waals surface area contributed by atoms with Crippen LogP contribution in [0.4, 0.5) is 0 Å². The predicted molar refractivity (Wildman–Crippen MR) is 120 cm³/mol. The fraction of sp³-hybridized carbons (Fsp3) is 0.375. The molecule has 0 aliphatic heterocycles. The van der Waals surface area contributed by atoms with Gasteiger partial charge in [0.05, 0.1) is 20.3 Å². The van der Waals surface area contributed by atoms with Gasteiger partial charge < -0.3 is 14.2 Å². The van der Waals surface area contributed by atoms with Gasteiger partial charge in [-0.05, 0) is 62.2 Å². The molecule has 2 rings (SSSR count). The van der Waals surface area contributed by atoms with Crippen molar-refractivity contribution < 1.29 is 28.6 Å². The van der Waals surface area contributed by atoms with Gasteiger partial charge in [0.1, 0.15) is 5.75 Å². The Morgan fingerprint density at radius 3 is 2.19 bits per heavy atom. The summed E-state index contributed by atoms with van der Waals surface area (Å²) in [5.74, 6) is 0.842. The second-order valence-corrected chi connectivity index (χ2v) is 7.10. The van der Waals surface area contributed by atoms with Crippen molar-refractivity contribution in [3.63, 3.8) is 0 Å². The van der Waals surface area contributed by atoms with E-state index >= 15 is 0 Å². The van der Waals surface area contributed by atoms with Crippen LogP contribution in [0.1, 0.15) is 60.2 Å². The Morgan fingerprint density at radius 1 is 0.844 bits per heavy atom. The summed E-state index contributed by atoms with van der Waals surface area (Å²) >= 11 is 0. The van der Waals surface area contributed by atoms with Crippen LogP contribution in [0.15, 0.2) is 42.5 Å². The van der Waals surface area contributed by atoms with Gasteiger partial charge >= 0.3 is 0 Å².